The number of fused-ring (bicyclic) bond motifs is 1. The van der Waals surface area contributed by atoms with Crippen LogP contribution in [0.5, 0.6) is 0 Å². The lowest BCUT2D eigenvalue weighted by Crippen LogP contribution is -2.25. The van der Waals surface area contributed by atoms with Gasteiger partial charge >= 0.3 is 0 Å². The van der Waals surface area contributed by atoms with Crippen LogP contribution in [0.25, 0.3) is 11.0 Å². The van der Waals surface area contributed by atoms with Crippen LogP contribution < -0.4 is 5.73 Å². The number of rotatable bonds is 3. The van der Waals surface area contributed by atoms with Crippen molar-refractivity contribution in [2.24, 2.45) is 5.73 Å². The minimum atomic E-state index is 0.0899. The molecule has 1 aliphatic carbocycles. The van der Waals surface area contributed by atoms with Crippen LogP contribution in [-0.4, -0.2) is 16.1 Å². The number of para-hydroxylation sites is 1. The van der Waals surface area contributed by atoms with Crippen molar-refractivity contribution in [1.82, 2.24) is 9.55 Å². The van der Waals surface area contributed by atoms with Crippen LogP contribution in [0.15, 0.2) is 18.2 Å². The average Bonchev–Trinajstić information content (AvgIpc) is 3.03. The van der Waals surface area contributed by atoms with E-state index in [1.807, 2.05) is 18.2 Å². The van der Waals surface area contributed by atoms with E-state index in [-0.39, 0.29) is 5.41 Å². The van der Waals surface area contributed by atoms with Crippen molar-refractivity contribution in [2.75, 3.05) is 6.54 Å². The maximum atomic E-state index is 6.34. The summed E-state index contributed by atoms with van der Waals surface area (Å²) in [6.07, 6.45) is 2.27. The molecule has 18 heavy (non-hydrogen) atoms. The minimum absolute atomic E-state index is 0.0899. The molecule has 0 bridgehead atoms. The molecule has 0 atom stereocenters. The molecule has 1 aromatic heterocycles. The van der Waals surface area contributed by atoms with E-state index in [0.29, 0.717) is 12.6 Å². The lowest BCUT2D eigenvalue weighted by Gasteiger charge is -2.18. The average molecular weight is 264 g/mol. The summed E-state index contributed by atoms with van der Waals surface area (Å²) in [5.74, 6) is 1.11. The molecular weight excluding hydrogens is 246 g/mol. The number of benzene rings is 1. The molecular formula is C14H18ClN3. The van der Waals surface area contributed by atoms with Gasteiger partial charge in [0, 0.05) is 18.0 Å². The van der Waals surface area contributed by atoms with Crippen molar-refractivity contribution in [3.63, 3.8) is 0 Å². The second-order valence-corrected chi connectivity index (χ2v) is 5.90. The van der Waals surface area contributed by atoms with Gasteiger partial charge in [0.25, 0.3) is 0 Å². The van der Waals surface area contributed by atoms with E-state index < -0.39 is 0 Å². The zero-order valence-electron chi connectivity index (χ0n) is 10.8. The number of imidazole rings is 1. The van der Waals surface area contributed by atoms with E-state index in [1.165, 1.54) is 0 Å². The van der Waals surface area contributed by atoms with Crippen LogP contribution in [0.2, 0.25) is 5.02 Å². The Morgan fingerprint density at radius 2 is 2.17 bits per heavy atom. The number of nitrogens with two attached hydrogens (primary N) is 1. The van der Waals surface area contributed by atoms with Crippen molar-refractivity contribution in [2.45, 2.75) is 38.1 Å². The highest BCUT2D eigenvalue weighted by molar-refractivity contribution is 6.35. The Labute approximate surface area is 112 Å². The van der Waals surface area contributed by atoms with E-state index in [2.05, 4.69) is 18.4 Å². The second-order valence-electron chi connectivity index (χ2n) is 5.49. The topological polar surface area (TPSA) is 43.8 Å². The van der Waals surface area contributed by atoms with Crippen LogP contribution in [0, 0.1) is 0 Å². The molecule has 1 fully saturated rings. The predicted molar refractivity (Wildman–Crippen MR) is 75.1 cm³/mol. The van der Waals surface area contributed by atoms with Crippen LogP contribution in [0.4, 0.5) is 0 Å². The molecule has 3 rings (SSSR count). The van der Waals surface area contributed by atoms with Gasteiger partial charge in [0.1, 0.15) is 5.82 Å². The highest BCUT2D eigenvalue weighted by atomic mass is 35.5. The van der Waals surface area contributed by atoms with Crippen LogP contribution >= 0.6 is 11.6 Å². The van der Waals surface area contributed by atoms with Crippen molar-refractivity contribution in [3.8, 4) is 0 Å². The highest BCUT2D eigenvalue weighted by Crippen LogP contribution is 2.48. The standard InChI is InChI=1S/C14H18ClN3/c1-9(2)18-12-10(15)4-3-5-11(12)17-13(18)14(8-16)6-7-14/h3-5,9H,6-8,16H2,1-2H3. The summed E-state index contributed by atoms with van der Waals surface area (Å²) < 4.78 is 2.26. The molecule has 0 saturated heterocycles. The number of aromatic nitrogens is 2. The Bertz CT molecular complexity index is 596. The van der Waals surface area contributed by atoms with Gasteiger partial charge < -0.3 is 10.3 Å². The van der Waals surface area contributed by atoms with E-state index in [1.54, 1.807) is 0 Å². The largest absolute Gasteiger partial charge is 0.329 e. The van der Waals surface area contributed by atoms with Gasteiger partial charge in [-0.3, -0.25) is 0 Å². The molecule has 0 amide bonds. The Balaban J connectivity index is 2.32. The summed E-state index contributed by atoms with van der Waals surface area (Å²) in [6, 6.07) is 6.24. The van der Waals surface area contributed by atoms with E-state index in [0.717, 1.165) is 34.7 Å². The fourth-order valence-corrected chi connectivity index (χ4v) is 2.91. The fraction of sp³-hybridized carbons (Fsp3) is 0.500. The maximum absolute atomic E-state index is 6.34. The molecule has 1 aromatic carbocycles. The number of hydrogen-bond donors (Lipinski definition) is 1. The summed E-state index contributed by atoms with van der Waals surface area (Å²) in [7, 11) is 0. The first-order valence-electron chi connectivity index (χ1n) is 6.46. The number of nitrogens with zero attached hydrogens (tertiary/aromatic N) is 2. The zero-order valence-corrected chi connectivity index (χ0v) is 11.5. The van der Waals surface area contributed by atoms with Gasteiger partial charge in [0.2, 0.25) is 0 Å². The first-order chi connectivity index (χ1) is 8.59. The van der Waals surface area contributed by atoms with Gasteiger partial charge in [-0.05, 0) is 38.8 Å². The molecule has 4 heteroatoms. The Hall–Kier alpha value is -1.06. The first kappa shape index (κ1) is 12.0. The van der Waals surface area contributed by atoms with Crippen LogP contribution in [0.1, 0.15) is 38.6 Å². The third-order valence-corrected chi connectivity index (χ3v) is 4.20. The van der Waals surface area contributed by atoms with Crippen molar-refractivity contribution in [3.05, 3.63) is 29.0 Å². The summed E-state index contributed by atoms with van der Waals surface area (Å²) >= 11 is 6.34. The Morgan fingerprint density at radius 3 is 2.72 bits per heavy atom. The third-order valence-electron chi connectivity index (χ3n) is 3.90. The summed E-state index contributed by atoms with van der Waals surface area (Å²) in [5.41, 5.74) is 8.06. The van der Waals surface area contributed by atoms with E-state index >= 15 is 0 Å². The normalized spacial score (nSPS) is 17.6. The van der Waals surface area contributed by atoms with Crippen molar-refractivity contribution < 1.29 is 0 Å². The van der Waals surface area contributed by atoms with Gasteiger partial charge in [0.05, 0.1) is 16.1 Å². The molecule has 0 unspecified atom stereocenters. The SMILES string of the molecule is CC(C)n1c(C2(CN)CC2)nc2cccc(Cl)c21. The molecule has 3 nitrogen and oxygen atoms in total. The van der Waals surface area contributed by atoms with Crippen molar-refractivity contribution in [1.29, 1.82) is 0 Å². The Kier molecular flexibility index (Phi) is 2.65. The molecule has 1 saturated carbocycles. The monoisotopic (exact) mass is 263 g/mol. The van der Waals surface area contributed by atoms with Gasteiger partial charge in [-0.1, -0.05) is 17.7 Å². The minimum Gasteiger partial charge on any atom is -0.329 e. The number of halogens is 1. The highest BCUT2D eigenvalue weighted by Gasteiger charge is 2.47. The summed E-state index contributed by atoms with van der Waals surface area (Å²) in [4.78, 5) is 4.80. The van der Waals surface area contributed by atoms with Crippen LogP contribution in [0.3, 0.4) is 0 Å². The summed E-state index contributed by atoms with van der Waals surface area (Å²) in [5, 5.41) is 0.771. The molecule has 2 N–H and O–H groups in total. The molecule has 0 radical (unpaired) electrons. The second kappa shape index (κ2) is 3.97. The van der Waals surface area contributed by atoms with E-state index in [9.17, 15) is 0 Å². The Morgan fingerprint density at radius 1 is 1.44 bits per heavy atom. The quantitative estimate of drug-likeness (QED) is 0.924. The van der Waals surface area contributed by atoms with Crippen LogP contribution in [-0.2, 0) is 5.41 Å². The first-order valence-corrected chi connectivity index (χ1v) is 6.84. The summed E-state index contributed by atoms with van der Waals surface area (Å²) in [6.45, 7) is 5.00. The van der Waals surface area contributed by atoms with Crippen molar-refractivity contribution >= 4 is 22.6 Å². The van der Waals surface area contributed by atoms with Gasteiger partial charge in [0.15, 0.2) is 0 Å². The lowest BCUT2D eigenvalue weighted by molar-refractivity contribution is 0.530. The maximum Gasteiger partial charge on any atom is 0.117 e. The van der Waals surface area contributed by atoms with E-state index in [4.69, 9.17) is 22.3 Å². The molecule has 1 heterocycles. The predicted octanol–water partition coefficient (Wildman–Crippen LogP) is 3.26. The smallest absolute Gasteiger partial charge is 0.117 e. The van der Waals surface area contributed by atoms with Gasteiger partial charge in [-0.2, -0.15) is 0 Å². The van der Waals surface area contributed by atoms with Gasteiger partial charge in [-0.25, -0.2) is 4.98 Å². The molecule has 2 aromatic rings. The fourth-order valence-electron chi connectivity index (χ4n) is 2.65. The lowest BCUT2D eigenvalue weighted by atomic mass is 10.1. The molecule has 0 aliphatic heterocycles. The molecule has 96 valence electrons. The number of hydrogen-bond acceptors (Lipinski definition) is 2. The van der Waals surface area contributed by atoms with Gasteiger partial charge in [-0.15, -0.1) is 0 Å². The third kappa shape index (κ3) is 1.57. The molecule has 0 spiro atoms. The molecule has 1 aliphatic rings. The zero-order chi connectivity index (χ0) is 12.9.